The second-order valence-electron chi connectivity index (χ2n) is 8.59. The highest BCUT2D eigenvalue weighted by molar-refractivity contribution is 5.14. The van der Waals surface area contributed by atoms with Gasteiger partial charge < -0.3 is 4.90 Å². The normalized spacial score (nSPS) is 30.0. The first kappa shape index (κ1) is 18.4. The van der Waals surface area contributed by atoms with Crippen LogP contribution in [0.25, 0.3) is 0 Å². The lowest BCUT2D eigenvalue weighted by atomic mass is 9.81. The van der Waals surface area contributed by atoms with E-state index in [4.69, 9.17) is 0 Å². The molecule has 3 aliphatic rings. The van der Waals surface area contributed by atoms with Crippen molar-refractivity contribution in [3.05, 3.63) is 35.9 Å². The molecule has 3 aliphatic heterocycles. The maximum atomic E-state index is 3.58. The van der Waals surface area contributed by atoms with Crippen molar-refractivity contribution in [1.82, 2.24) is 20.7 Å². The summed E-state index contributed by atoms with van der Waals surface area (Å²) in [6.07, 6.45) is 6.74. The summed E-state index contributed by atoms with van der Waals surface area (Å²) in [5, 5.41) is 0. The SMILES string of the molecule is CCC1CNNC1C1CCN(C2CCN(Cc3ccccc3)CC2)CC1. The molecule has 1 aromatic rings. The summed E-state index contributed by atoms with van der Waals surface area (Å²) in [5.41, 5.74) is 8.43. The van der Waals surface area contributed by atoms with Crippen LogP contribution in [0.3, 0.4) is 0 Å². The Labute approximate surface area is 159 Å². The first-order valence-electron chi connectivity index (χ1n) is 10.8. The fraction of sp³-hybridized carbons (Fsp3) is 0.727. The van der Waals surface area contributed by atoms with Crippen molar-refractivity contribution in [2.24, 2.45) is 11.8 Å². The third-order valence-electron chi connectivity index (χ3n) is 7.07. The average molecular weight is 357 g/mol. The molecule has 1 aromatic carbocycles. The molecule has 0 saturated carbocycles. The number of hydrogen-bond acceptors (Lipinski definition) is 4. The number of likely N-dealkylation sites (tertiary alicyclic amines) is 2. The summed E-state index contributed by atoms with van der Waals surface area (Å²) in [6.45, 7) is 9.74. The minimum Gasteiger partial charge on any atom is -0.300 e. The molecular formula is C22H36N4. The highest BCUT2D eigenvalue weighted by atomic mass is 15.4. The van der Waals surface area contributed by atoms with E-state index in [0.717, 1.165) is 31.0 Å². The molecule has 0 aliphatic carbocycles. The highest BCUT2D eigenvalue weighted by Gasteiger charge is 2.36. The van der Waals surface area contributed by atoms with Crippen molar-refractivity contribution in [3.8, 4) is 0 Å². The van der Waals surface area contributed by atoms with Crippen LogP contribution < -0.4 is 10.9 Å². The van der Waals surface area contributed by atoms with Gasteiger partial charge >= 0.3 is 0 Å². The molecular weight excluding hydrogens is 320 g/mol. The zero-order chi connectivity index (χ0) is 17.8. The van der Waals surface area contributed by atoms with Gasteiger partial charge in [-0.2, -0.15) is 0 Å². The van der Waals surface area contributed by atoms with Crippen LogP contribution >= 0.6 is 0 Å². The molecule has 0 spiro atoms. The molecule has 4 heteroatoms. The standard InChI is InChI=1S/C22H36N4/c1-2-19-16-23-24-22(19)20-8-14-26(15-9-20)21-10-12-25(13-11-21)17-18-6-4-3-5-7-18/h3-7,19-24H,2,8-17H2,1H3. The first-order chi connectivity index (χ1) is 12.8. The van der Waals surface area contributed by atoms with Crippen LogP contribution in [0.15, 0.2) is 30.3 Å². The highest BCUT2D eigenvalue weighted by Crippen LogP contribution is 2.30. The van der Waals surface area contributed by atoms with Crippen LogP contribution in [-0.4, -0.2) is 54.6 Å². The molecule has 26 heavy (non-hydrogen) atoms. The van der Waals surface area contributed by atoms with Crippen LogP contribution in [0, 0.1) is 11.8 Å². The van der Waals surface area contributed by atoms with Gasteiger partial charge in [0.2, 0.25) is 0 Å². The summed E-state index contributed by atoms with van der Waals surface area (Å²) in [7, 11) is 0. The molecule has 4 nitrogen and oxygen atoms in total. The van der Waals surface area contributed by atoms with Crippen LogP contribution in [-0.2, 0) is 6.54 Å². The maximum Gasteiger partial charge on any atom is 0.0282 e. The third-order valence-corrected chi connectivity index (χ3v) is 7.07. The summed E-state index contributed by atoms with van der Waals surface area (Å²) < 4.78 is 0. The summed E-state index contributed by atoms with van der Waals surface area (Å²) >= 11 is 0. The zero-order valence-corrected chi connectivity index (χ0v) is 16.4. The Hall–Kier alpha value is -0.940. The lowest BCUT2D eigenvalue weighted by molar-refractivity contribution is 0.0654. The van der Waals surface area contributed by atoms with Crippen molar-refractivity contribution < 1.29 is 0 Å². The van der Waals surface area contributed by atoms with Crippen molar-refractivity contribution in [2.45, 2.75) is 57.7 Å². The topological polar surface area (TPSA) is 30.5 Å². The number of piperidine rings is 2. The lowest BCUT2D eigenvalue weighted by Gasteiger charge is -2.43. The number of nitrogens with zero attached hydrogens (tertiary/aromatic N) is 2. The Bertz CT molecular complexity index is 532. The minimum atomic E-state index is 0.704. The average Bonchev–Trinajstić information content (AvgIpc) is 3.18. The van der Waals surface area contributed by atoms with Gasteiger partial charge in [-0.25, -0.2) is 0 Å². The van der Waals surface area contributed by atoms with E-state index in [1.54, 1.807) is 0 Å². The Morgan fingerprint density at radius 2 is 1.69 bits per heavy atom. The number of hydrogen-bond donors (Lipinski definition) is 2. The second-order valence-corrected chi connectivity index (χ2v) is 8.59. The van der Waals surface area contributed by atoms with E-state index in [1.165, 1.54) is 63.8 Å². The van der Waals surface area contributed by atoms with Gasteiger partial charge in [0.15, 0.2) is 0 Å². The fourth-order valence-electron chi connectivity index (χ4n) is 5.38. The predicted molar refractivity (Wildman–Crippen MR) is 108 cm³/mol. The molecule has 3 fully saturated rings. The monoisotopic (exact) mass is 356 g/mol. The Balaban J connectivity index is 1.21. The lowest BCUT2D eigenvalue weighted by Crippen LogP contribution is -2.50. The van der Waals surface area contributed by atoms with E-state index in [2.05, 4.69) is 57.9 Å². The minimum absolute atomic E-state index is 0.704. The molecule has 4 rings (SSSR count). The summed E-state index contributed by atoms with van der Waals surface area (Å²) in [4.78, 5) is 5.44. The molecule has 2 atom stereocenters. The van der Waals surface area contributed by atoms with E-state index in [-0.39, 0.29) is 0 Å². The smallest absolute Gasteiger partial charge is 0.0282 e. The quantitative estimate of drug-likeness (QED) is 0.849. The Morgan fingerprint density at radius 1 is 0.962 bits per heavy atom. The Kier molecular flexibility index (Phi) is 6.26. The largest absolute Gasteiger partial charge is 0.300 e. The number of hydrazine groups is 1. The second kappa shape index (κ2) is 8.83. The number of benzene rings is 1. The van der Waals surface area contributed by atoms with Gasteiger partial charge in [-0.15, -0.1) is 0 Å². The molecule has 3 saturated heterocycles. The van der Waals surface area contributed by atoms with Crippen molar-refractivity contribution >= 4 is 0 Å². The van der Waals surface area contributed by atoms with Gasteiger partial charge in [0, 0.05) is 25.2 Å². The van der Waals surface area contributed by atoms with Gasteiger partial charge in [-0.1, -0.05) is 43.7 Å². The summed E-state index contributed by atoms with van der Waals surface area (Å²) in [6, 6.07) is 12.5. The van der Waals surface area contributed by atoms with Gasteiger partial charge in [0.05, 0.1) is 0 Å². The Morgan fingerprint density at radius 3 is 2.38 bits per heavy atom. The van der Waals surface area contributed by atoms with Crippen LogP contribution in [0.5, 0.6) is 0 Å². The van der Waals surface area contributed by atoms with Crippen molar-refractivity contribution in [2.75, 3.05) is 32.7 Å². The van der Waals surface area contributed by atoms with Crippen LogP contribution in [0.2, 0.25) is 0 Å². The summed E-state index contributed by atoms with van der Waals surface area (Å²) in [5.74, 6) is 1.69. The molecule has 0 aromatic heterocycles. The van der Waals surface area contributed by atoms with Gasteiger partial charge in [0.1, 0.15) is 0 Å². The number of nitrogens with one attached hydrogen (secondary N) is 2. The zero-order valence-electron chi connectivity index (χ0n) is 16.4. The molecule has 2 unspecified atom stereocenters. The number of rotatable bonds is 5. The van der Waals surface area contributed by atoms with Gasteiger partial charge in [0.25, 0.3) is 0 Å². The molecule has 3 heterocycles. The first-order valence-corrected chi connectivity index (χ1v) is 10.8. The fourth-order valence-corrected chi connectivity index (χ4v) is 5.38. The van der Waals surface area contributed by atoms with Crippen molar-refractivity contribution in [3.63, 3.8) is 0 Å². The van der Waals surface area contributed by atoms with E-state index < -0.39 is 0 Å². The predicted octanol–water partition coefficient (Wildman–Crippen LogP) is 2.87. The molecule has 2 N–H and O–H groups in total. The third kappa shape index (κ3) is 4.30. The molecule has 0 radical (unpaired) electrons. The van der Waals surface area contributed by atoms with E-state index in [9.17, 15) is 0 Å². The van der Waals surface area contributed by atoms with Crippen LogP contribution in [0.4, 0.5) is 0 Å². The van der Waals surface area contributed by atoms with Gasteiger partial charge in [-0.05, 0) is 69.3 Å². The van der Waals surface area contributed by atoms with Gasteiger partial charge in [-0.3, -0.25) is 15.8 Å². The van der Waals surface area contributed by atoms with E-state index >= 15 is 0 Å². The molecule has 0 bridgehead atoms. The van der Waals surface area contributed by atoms with Crippen molar-refractivity contribution in [1.29, 1.82) is 0 Å². The van der Waals surface area contributed by atoms with E-state index in [0.29, 0.717) is 6.04 Å². The van der Waals surface area contributed by atoms with E-state index in [1.807, 2.05) is 0 Å². The van der Waals surface area contributed by atoms with Crippen LogP contribution in [0.1, 0.15) is 44.6 Å². The molecule has 144 valence electrons. The molecule has 0 amide bonds. The maximum absolute atomic E-state index is 3.58.